The Morgan fingerprint density at radius 3 is 2.68 bits per heavy atom. The maximum atomic E-state index is 12.2. The van der Waals surface area contributed by atoms with E-state index in [9.17, 15) is 4.79 Å². The molecular formula is C21H34N4O3. The Labute approximate surface area is 168 Å². The molecule has 0 spiro atoms. The largest absolute Gasteiger partial charge is 0.491 e. The third-order valence-corrected chi connectivity index (χ3v) is 4.82. The number of nitrogens with one attached hydrogen (secondary N) is 3. The van der Waals surface area contributed by atoms with Gasteiger partial charge in [0.25, 0.3) is 0 Å². The van der Waals surface area contributed by atoms with Crippen molar-refractivity contribution in [1.82, 2.24) is 16.0 Å². The van der Waals surface area contributed by atoms with E-state index < -0.39 is 0 Å². The maximum absolute atomic E-state index is 12.2. The number of aliphatic imine (C=N–C) groups is 1. The molecule has 0 atom stereocenters. The Hall–Kier alpha value is -2.28. The van der Waals surface area contributed by atoms with Crippen molar-refractivity contribution in [2.24, 2.45) is 4.99 Å². The predicted octanol–water partition coefficient (Wildman–Crippen LogP) is 2.13. The van der Waals surface area contributed by atoms with Crippen LogP contribution in [-0.4, -0.2) is 51.8 Å². The quantitative estimate of drug-likeness (QED) is 0.342. The van der Waals surface area contributed by atoms with Gasteiger partial charge in [0, 0.05) is 32.3 Å². The molecule has 0 bridgehead atoms. The molecule has 1 saturated carbocycles. The minimum absolute atomic E-state index is 0.00812. The van der Waals surface area contributed by atoms with Crippen molar-refractivity contribution in [3.05, 3.63) is 29.3 Å². The molecule has 0 radical (unpaired) electrons. The number of ether oxygens (including phenoxy) is 2. The van der Waals surface area contributed by atoms with E-state index in [1.807, 2.05) is 25.1 Å². The van der Waals surface area contributed by atoms with Crippen LogP contribution < -0.4 is 20.7 Å². The highest BCUT2D eigenvalue weighted by Crippen LogP contribution is 2.20. The highest BCUT2D eigenvalue weighted by molar-refractivity contribution is 5.86. The topological polar surface area (TPSA) is 84.0 Å². The van der Waals surface area contributed by atoms with Gasteiger partial charge >= 0.3 is 0 Å². The number of guanidine groups is 1. The van der Waals surface area contributed by atoms with Crippen LogP contribution in [0, 0.1) is 6.92 Å². The number of hydrogen-bond acceptors (Lipinski definition) is 4. The van der Waals surface area contributed by atoms with Crippen LogP contribution >= 0.6 is 0 Å². The average Bonchev–Trinajstić information content (AvgIpc) is 2.70. The lowest BCUT2D eigenvalue weighted by molar-refractivity contribution is -0.120. The summed E-state index contributed by atoms with van der Waals surface area (Å²) in [4.78, 5) is 16.4. The van der Waals surface area contributed by atoms with Crippen LogP contribution in [0.4, 0.5) is 0 Å². The highest BCUT2D eigenvalue weighted by atomic mass is 16.5. The Morgan fingerprint density at radius 2 is 1.96 bits per heavy atom. The molecule has 0 saturated heterocycles. The van der Waals surface area contributed by atoms with Gasteiger partial charge in [-0.3, -0.25) is 9.79 Å². The zero-order valence-electron chi connectivity index (χ0n) is 17.3. The van der Waals surface area contributed by atoms with E-state index in [0.29, 0.717) is 31.8 Å². The number of benzene rings is 1. The molecule has 1 aromatic carbocycles. The summed E-state index contributed by atoms with van der Waals surface area (Å²) in [6.07, 6.45) is 5.84. The summed E-state index contributed by atoms with van der Waals surface area (Å²) in [5.41, 5.74) is 2.16. The standard InChI is InChI=1S/C21H34N4O3/c1-16-9-10-17(19(13-16)28-12-11-27-3)14-23-21(22-2)24-15-20(26)25-18-7-5-4-6-8-18/h9-10,13,18H,4-8,11-12,14-15H2,1-3H3,(H,25,26)(H2,22,23,24). The molecule has 28 heavy (non-hydrogen) atoms. The van der Waals surface area contributed by atoms with E-state index in [1.165, 1.54) is 19.3 Å². The van der Waals surface area contributed by atoms with Gasteiger partial charge in [-0.15, -0.1) is 0 Å². The van der Waals surface area contributed by atoms with Gasteiger partial charge in [-0.25, -0.2) is 0 Å². The highest BCUT2D eigenvalue weighted by Gasteiger charge is 2.15. The van der Waals surface area contributed by atoms with Crippen LogP contribution in [0.25, 0.3) is 0 Å². The number of carbonyl (C=O) groups excluding carboxylic acids is 1. The summed E-state index contributed by atoms with van der Waals surface area (Å²) in [5.74, 6) is 1.42. The molecule has 7 nitrogen and oxygen atoms in total. The van der Waals surface area contributed by atoms with Crippen molar-refractivity contribution >= 4 is 11.9 Å². The predicted molar refractivity (Wildman–Crippen MR) is 112 cm³/mol. The number of carbonyl (C=O) groups is 1. The van der Waals surface area contributed by atoms with Gasteiger partial charge < -0.3 is 25.4 Å². The molecular weight excluding hydrogens is 356 g/mol. The van der Waals surface area contributed by atoms with Gasteiger partial charge in [-0.1, -0.05) is 31.4 Å². The van der Waals surface area contributed by atoms with E-state index >= 15 is 0 Å². The van der Waals surface area contributed by atoms with Gasteiger partial charge in [0.15, 0.2) is 5.96 Å². The molecule has 7 heteroatoms. The minimum Gasteiger partial charge on any atom is -0.491 e. The van der Waals surface area contributed by atoms with Crippen molar-refractivity contribution in [3.63, 3.8) is 0 Å². The third kappa shape index (κ3) is 7.76. The van der Waals surface area contributed by atoms with E-state index in [2.05, 4.69) is 20.9 Å². The second-order valence-electron chi connectivity index (χ2n) is 7.13. The van der Waals surface area contributed by atoms with Crippen LogP contribution in [0.2, 0.25) is 0 Å². The lowest BCUT2D eigenvalue weighted by Crippen LogP contribution is -2.45. The van der Waals surface area contributed by atoms with E-state index in [0.717, 1.165) is 29.7 Å². The summed E-state index contributed by atoms with van der Waals surface area (Å²) < 4.78 is 10.9. The molecule has 0 heterocycles. The first-order valence-electron chi connectivity index (χ1n) is 10.1. The monoisotopic (exact) mass is 390 g/mol. The molecule has 0 aromatic heterocycles. The Balaban J connectivity index is 1.80. The van der Waals surface area contributed by atoms with Gasteiger partial charge in [-0.05, 0) is 31.4 Å². The van der Waals surface area contributed by atoms with E-state index in [-0.39, 0.29) is 12.5 Å². The normalized spacial score (nSPS) is 15.2. The van der Waals surface area contributed by atoms with Crippen molar-refractivity contribution < 1.29 is 14.3 Å². The van der Waals surface area contributed by atoms with Crippen LogP contribution in [0.3, 0.4) is 0 Å². The summed E-state index contributed by atoms with van der Waals surface area (Å²) in [7, 11) is 3.35. The van der Waals surface area contributed by atoms with Crippen LogP contribution in [-0.2, 0) is 16.1 Å². The van der Waals surface area contributed by atoms with Crippen molar-refractivity contribution in [2.75, 3.05) is 33.9 Å². The number of rotatable bonds is 9. The second kappa shape index (κ2) is 12.2. The van der Waals surface area contributed by atoms with Crippen LogP contribution in [0.1, 0.15) is 43.2 Å². The Kier molecular flexibility index (Phi) is 9.62. The summed E-state index contributed by atoms with van der Waals surface area (Å²) in [6, 6.07) is 6.42. The number of aryl methyl sites for hydroxylation is 1. The zero-order chi connectivity index (χ0) is 20.2. The average molecular weight is 391 g/mol. The zero-order valence-corrected chi connectivity index (χ0v) is 17.3. The van der Waals surface area contributed by atoms with Crippen molar-refractivity contribution in [1.29, 1.82) is 0 Å². The summed E-state index contributed by atoms with van der Waals surface area (Å²) in [6.45, 7) is 3.83. The number of nitrogens with zero attached hydrogens (tertiary/aromatic N) is 1. The van der Waals surface area contributed by atoms with E-state index in [1.54, 1.807) is 14.2 Å². The van der Waals surface area contributed by atoms with Crippen LogP contribution in [0.15, 0.2) is 23.2 Å². The molecule has 2 rings (SSSR count). The first-order chi connectivity index (χ1) is 13.6. The van der Waals surface area contributed by atoms with Crippen LogP contribution in [0.5, 0.6) is 5.75 Å². The molecule has 1 aliphatic rings. The fraction of sp³-hybridized carbons (Fsp3) is 0.619. The van der Waals surface area contributed by atoms with Crippen molar-refractivity contribution in [3.8, 4) is 5.75 Å². The summed E-state index contributed by atoms with van der Waals surface area (Å²) >= 11 is 0. The molecule has 0 unspecified atom stereocenters. The molecule has 0 aliphatic heterocycles. The van der Waals surface area contributed by atoms with Crippen molar-refractivity contribution in [2.45, 2.75) is 51.6 Å². The van der Waals surface area contributed by atoms with Gasteiger partial charge in [0.2, 0.25) is 5.91 Å². The lowest BCUT2D eigenvalue weighted by Gasteiger charge is -2.23. The SMILES string of the molecule is CN=C(NCC(=O)NC1CCCCC1)NCc1ccc(C)cc1OCCOC. The first kappa shape index (κ1) is 22.0. The fourth-order valence-electron chi connectivity index (χ4n) is 3.27. The number of hydrogen-bond donors (Lipinski definition) is 3. The third-order valence-electron chi connectivity index (χ3n) is 4.82. The molecule has 156 valence electrons. The molecule has 1 aliphatic carbocycles. The molecule has 1 amide bonds. The Morgan fingerprint density at radius 1 is 1.18 bits per heavy atom. The van der Waals surface area contributed by atoms with E-state index in [4.69, 9.17) is 9.47 Å². The van der Waals surface area contributed by atoms with Gasteiger partial charge in [-0.2, -0.15) is 0 Å². The smallest absolute Gasteiger partial charge is 0.239 e. The number of methoxy groups -OCH3 is 1. The second-order valence-corrected chi connectivity index (χ2v) is 7.13. The maximum Gasteiger partial charge on any atom is 0.239 e. The molecule has 1 aromatic rings. The fourth-order valence-corrected chi connectivity index (χ4v) is 3.27. The number of amides is 1. The first-order valence-corrected chi connectivity index (χ1v) is 10.1. The Bertz CT molecular complexity index is 643. The lowest BCUT2D eigenvalue weighted by atomic mass is 9.95. The van der Waals surface area contributed by atoms with Gasteiger partial charge in [0.1, 0.15) is 12.4 Å². The van der Waals surface area contributed by atoms with Gasteiger partial charge in [0.05, 0.1) is 13.2 Å². The summed E-state index contributed by atoms with van der Waals surface area (Å²) in [5, 5.41) is 9.42. The minimum atomic E-state index is 0.00812. The molecule has 3 N–H and O–H groups in total. The molecule has 1 fully saturated rings.